The molecule has 0 N–H and O–H groups in total. The second-order valence-corrected chi connectivity index (χ2v) is 6.81. The highest BCUT2D eigenvalue weighted by Gasteiger charge is 2.43. The zero-order chi connectivity index (χ0) is 14.4. The molecule has 4 rings (SSSR count). The van der Waals surface area contributed by atoms with Crippen molar-refractivity contribution in [3.05, 3.63) is 18.1 Å². The van der Waals surface area contributed by atoms with Crippen LogP contribution in [-0.4, -0.2) is 47.0 Å². The van der Waals surface area contributed by atoms with Crippen molar-refractivity contribution in [3.8, 4) is 0 Å². The van der Waals surface area contributed by atoms with Gasteiger partial charge in [-0.05, 0) is 19.8 Å². The van der Waals surface area contributed by atoms with Crippen molar-refractivity contribution in [1.29, 1.82) is 0 Å². The number of hydrogen-bond acceptors (Lipinski definition) is 4. The standard InChI is InChI=1S/C16H22N4O/c1-11-5-15(18-10-17-11)19-6-13-8-20(9-14(13)7-19)16(21)12-3-2-4-12/h5,10,12-14H,2-4,6-9H2,1H3. The maximum Gasteiger partial charge on any atom is 0.225 e. The minimum atomic E-state index is 0.337. The van der Waals surface area contributed by atoms with E-state index in [4.69, 9.17) is 0 Å². The molecule has 112 valence electrons. The van der Waals surface area contributed by atoms with Gasteiger partial charge in [0.1, 0.15) is 12.1 Å². The first kappa shape index (κ1) is 13.0. The van der Waals surface area contributed by atoms with E-state index in [1.54, 1.807) is 6.33 Å². The largest absolute Gasteiger partial charge is 0.356 e. The predicted molar refractivity (Wildman–Crippen MR) is 79.9 cm³/mol. The Balaban J connectivity index is 1.40. The third-order valence-corrected chi connectivity index (χ3v) is 5.37. The Hall–Kier alpha value is -1.65. The quantitative estimate of drug-likeness (QED) is 0.826. The van der Waals surface area contributed by atoms with Gasteiger partial charge in [-0.25, -0.2) is 9.97 Å². The Morgan fingerprint density at radius 2 is 1.86 bits per heavy atom. The number of carbonyl (C=O) groups excluding carboxylic acids is 1. The predicted octanol–water partition coefficient (Wildman–Crippen LogP) is 1.48. The molecule has 3 aliphatic rings. The van der Waals surface area contributed by atoms with Crippen molar-refractivity contribution in [1.82, 2.24) is 14.9 Å². The SMILES string of the molecule is Cc1cc(N2CC3CN(C(=O)C4CCC4)CC3C2)ncn1. The summed E-state index contributed by atoms with van der Waals surface area (Å²) in [5.41, 5.74) is 1.01. The zero-order valence-corrected chi connectivity index (χ0v) is 12.5. The molecule has 2 atom stereocenters. The summed E-state index contributed by atoms with van der Waals surface area (Å²) >= 11 is 0. The van der Waals surface area contributed by atoms with Gasteiger partial charge in [-0.1, -0.05) is 6.42 Å². The Morgan fingerprint density at radius 3 is 2.43 bits per heavy atom. The lowest BCUT2D eigenvalue weighted by molar-refractivity contribution is -0.137. The van der Waals surface area contributed by atoms with E-state index >= 15 is 0 Å². The number of aryl methyl sites for hydroxylation is 1. The molecule has 0 radical (unpaired) electrons. The highest BCUT2D eigenvalue weighted by atomic mass is 16.2. The van der Waals surface area contributed by atoms with Gasteiger partial charge in [0.15, 0.2) is 0 Å². The van der Waals surface area contributed by atoms with Crippen LogP contribution in [0.15, 0.2) is 12.4 Å². The van der Waals surface area contributed by atoms with Crippen LogP contribution in [0, 0.1) is 24.7 Å². The summed E-state index contributed by atoms with van der Waals surface area (Å²) in [4.78, 5) is 25.4. The fourth-order valence-corrected chi connectivity index (χ4v) is 3.89. The molecule has 1 aromatic heterocycles. The summed E-state index contributed by atoms with van der Waals surface area (Å²) in [6.45, 7) is 5.94. The number of amides is 1. The van der Waals surface area contributed by atoms with Crippen molar-refractivity contribution in [2.45, 2.75) is 26.2 Å². The van der Waals surface area contributed by atoms with Crippen LogP contribution in [0.3, 0.4) is 0 Å². The third kappa shape index (κ3) is 2.28. The molecular weight excluding hydrogens is 264 g/mol. The molecular formula is C16H22N4O. The Bertz CT molecular complexity index is 543. The van der Waals surface area contributed by atoms with E-state index < -0.39 is 0 Å². The number of nitrogens with zero attached hydrogens (tertiary/aromatic N) is 4. The maximum absolute atomic E-state index is 12.3. The second kappa shape index (κ2) is 4.97. The second-order valence-electron chi connectivity index (χ2n) is 6.81. The van der Waals surface area contributed by atoms with Crippen molar-refractivity contribution < 1.29 is 4.79 Å². The van der Waals surface area contributed by atoms with Gasteiger partial charge < -0.3 is 9.80 Å². The van der Waals surface area contributed by atoms with Crippen molar-refractivity contribution in [3.63, 3.8) is 0 Å². The Morgan fingerprint density at radius 1 is 1.14 bits per heavy atom. The minimum Gasteiger partial charge on any atom is -0.356 e. The number of aromatic nitrogens is 2. The first-order valence-corrected chi connectivity index (χ1v) is 8.03. The molecule has 2 unspecified atom stereocenters. The van der Waals surface area contributed by atoms with Gasteiger partial charge >= 0.3 is 0 Å². The molecule has 0 spiro atoms. The van der Waals surface area contributed by atoms with Crippen LogP contribution in [0.25, 0.3) is 0 Å². The smallest absolute Gasteiger partial charge is 0.225 e. The molecule has 5 nitrogen and oxygen atoms in total. The summed E-state index contributed by atoms with van der Waals surface area (Å²) < 4.78 is 0. The average molecular weight is 286 g/mol. The molecule has 1 aromatic rings. The number of anilines is 1. The number of rotatable bonds is 2. The minimum absolute atomic E-state index is 0.337. The molecule has 3 fully saturated rings. The van der Waals surface area contributed by atoms with Gasteiger partial charge in [0.25, 0.3) is 0 Å². The van der Waals surface area contributed by atoms with Crippen LogP contribution < -0.4 is 4.90 Å². The first-order valence-electron chi connectivity index (χ1n) is 8.03. The third-order valence-electron chi connectivity index (χ3n) is 5.37. The molecule has 21 heavy (non-hydrogen) atoms. The zero-order valence-electron chi connectivity index (χ0n) is 12.5. The first-order chi connectivity index (χ1) is 10.2. The van der Waals surface area contributed by atoms with E-state index in [1.807, 2.05) is 6.92 Å². The summed E-state index contributed by atoms with van der Waals surface area (Å²) in [6, 6.07) is 2.05. The van der Waals surface area contributed by atoms with E-state index in [0.29, 0.717) is 23.7 Å². The van der Waals surface area contributed by atoms with E-state index in [9.17, 15) is 4.79 Å². The molecule has 1 saturated carbocycles. The van der Waals surface area contributed by atoms with Gasteiger partial charge in [0, 0.05) is 55.7 Å². The normalized spacial score (nSPS) is 28.6. The fourth-order valence-electron chi connectivity index (χ4n) is 3.89. The van der Waals surface area contributed by atoms with Crippen LogP contribution in [-0.2, 0) is 4.79 Å². The van der Waals surface area contributed by atoms with Gasteiger partial charge in [-0.2, -0.15) is 0 Å². The topological polar surface area (TPSA) is 49.3 Å². The van der Waals surface area contributed by atoms with Gasteiger partial charge in [-0.15, -0.1) is 0 Å². The van der Waals surface area contributed by atoms with Crippen molar-refractivity contribution in [2.75, 3.05) is 31.1 Å². The molecule has 1 aliphatic carbocycles. The summed E-state index contributed by atoms with van der Waals surface area (Å²) in [5, 5.41) is 0. The van der Waals surface area contributed by atoms with E-state index in [0.717, 1.165) is 50.5 Å². The van der Waals surface area contributed by atoms with E-state index in [-0.39, 0.29) is 0 Å². The monoisotopic (exact) mass is 286 g/mol. The number of likely N-dealkylation sites (tertiary alicyclic amines) is 1. The summed E-state index contributed by atoms with van der Waals surface area (Å²) in [7, 11) is 0. The lowest BCUT2D eigenvalue weighted by Gasteiger charge is -2.30. The average Bonchev–Trinajstić information content (AvgIpc) is 2.94. The van der Waals surface area contributed by atoms with Gasteiger partial charge in [-0.3, -0.25) is 4.79 Å². The van der Waals surface area contributed by atoms with Crippen LogP contribution in [0.1, 0.15) is 25.0 Å². The molecule has 2 saturated heterocycles. The molecule has 0 aromatic carbocycles. The Labute approximate surface area is 125 Å². The van der Waals surface area contributed by atoms with Gasteiger partial charge in [0.05, 0.1) is 0 Å². The van der Waals surface area contributed by atoms with Gasteiger partial charge in [0.2, 0.25) is 5.91 Å². The molecule has 1 amide bonds. The van der Waals surface area contributed by atoms with E-state index in [2.05, 4.69) is 25.8 Å². The molecule has 5 heteroatoms. The van der Waals surface area contributed by atoms with Crippen LogP contribution in [0.2, 0.25) is 0 Å². The number of fused-ring (bicyclic) bond motifs is 1. The van der Waals surface area contributed by atoms with Crippen molar-refractivity contribution in [2.24, 2.45) is 17.8 Å². The Kier molecular flexibility index (Phi) is 3.08. The van der Waals surface area contributed by atoms with Crippen LogP contribution >= 0.6 is 0 Å². The number of hydrogen-bond donors (Lipinski definition) is 0. The van der Waals surface area contributed by atoms with Crippen molar-refractivity contribution >= 4 is 11.7 Å². The highest BCUT2D eigenvalue weighted by molar-refractivity contribution is 5.80. The van der Waals surface area contributed by atoms with E-state index in [1.165, 1.54) is 6.42 Å². The maximum atomic E-state index is 12.3. The highest BCUT2D eigenvalue weighted by Crippen LogP contribution is 2.36. The summed E-state index contributed by atoms with van der Waals surface area (Å²) in [6.07, 6.45) is 5.09. The van der Waals surface area contributed by atoms with Crippen LogP contribution in [0.4, 0.5) is 5.82 Å². The number of carbonyl (C=O) groups is 1. The summed E-state index contributed by atoms with van der Waals surface area (Å²) in [5.74, 6) is 3.02. The molecule has 3 heterocycles. The lowest BCUT2D eigenvalue weighted by atomic mass is 9.84. The lowest BCUT2D eigenvalue weighted by Crippen LogP contribution is -2.39. The molecule has 0 bridgehead atoms. The fraction of sp³-hybridized carbons (Fsp3) is 0.688. The molecule has 2 aliphatic heterocycles. The van der Waals surface area contributed by atoms with Crippen LogP contribution in [0.5, 0.6) is 0 Å².